The van der Waals surface area contributed by atoms with Crippen LogP contribution in [-0.2, 0) is 14.6 Å². The van der Waals surface area contributed by atoms with Gasteiger partial charge in [-0.25, -0.2) is 8.42 Å². The first-order chi connectivity index (χ1) is 6.88. The number of nitrogens with two attached hydrogens (primary N) is 1. The first-order valence-corrected chi connectivity index (χ1v) is 6.80. The van der Waals surface area contributed by atoms with Gasteiger partial charge in [0.25, 0.3) is 0 Å². The summed E-state index contributed by atoms with van der Waals surface area (Å²) in [6.07, 6.45) is 0. The van der Waals surface area contributed by atoms with E-state index in [2.05, 4.69) is 0 Å². The summed E-state index contributed by atoms with van der Waals surface area (Å²) in [6.45, 7) is 4.30. The Kier molecular flexibility index (Phi) is 5.72. The van der Waals surface area contributed by atoms with Crippen molar-refractivity contribution in [2.24, 2.45) is 11.7 Å². The van der Waals surface area contributed by atoms with E-state index >= 15 is 0 Å². The first-order valence-electron chi connectivity index (χ1n) is 5.09. The molecule has 0 radical (unpaired) electrons. The molecule has 16 heavy (non-hydrogen) atoms. The third-order valence-corrected chi connectivity index (χ3v) is 4.95. The number of nitrogens with zero attached hydrogens (tertiary/aromatic N) is 1. The quantitative estimate of drug-likeness (QED) is 0.744. The molecular weight excluding hydrogens is 252 g/mol. The molecule has 0 aromatic heterocycles. The van der Waals surface area contributed by atoms with Crippen molar-refractivity contribution in [1.29, 1.82) is 0 Å². The molecule has 0 saturated carbocycles. The van der Waals surface area contributed by atoms with Crippen molar-refractivity contribution in [2.45, 2.75) is 19.1 Å². The molecule has 1 heterocycles. The van der Waals surface area contributed by atoms with Gasteiger partial charge < -0.3 is 10.6 Å². The van der Waals surface area contributed by atoms with Gasteiger partial charge >= 0.3 is 0 Å². The average Bonchev–Trinajstić information content (AvgIpc) is 2.20. The van der Waals surface area contributed by atoms with Gasteiger partial charge in [-0.3, -0.25) is 4.79 Å². The van der Waals surface area contributed by atoms with E-state index in [1.54, 1.807) is 18.7 Å². The fourth-order valence-corrected chi connectivity index (χ4v) is 2.85. The van der Waals surface area contributed by atoms with Crippen LogP contribution in [0, 0.1) is 5.92 Å². The van der Waals surface area contributed by atoms with Gasteiger partial charge in [-0.15, -0.1) is 12.4 Å². The number of hydrogen-bond acceptors (Lipinski definition) is 4. The second kappa shape index (κ2) is 5.84. The molecule has 0 spiro atoms. The molecule has 0 aromatic carbocycles. The number of rotatable bonds is 2. The largest absolute Gasteiger partial charge is 0.340 e. The highest BCUT2D eigenvalue weighted by atomic mass is 35.5. The highest BCUT2D eigenvalue weighted by Crippen LogP contribution is 2.14. The fraction of sp³-hybridized carbons (Fsp3) is 0.889. The Labute approximate surface area is 103 Å². The zero-order valence-corrected chi connectivity index (χ0v) is 11.2. The lowest BCUT2D eigenvalue weighted by atomic mass is 10.1. The number of carbonyl (C=O) groups excluding carboxylic acids is 1. The van der Waals surface area contributed by atoms with Gasteiger partial charge in [0.15, 0.2) is 9.84 Å². The van der Waals surface area contributed by atoms with Crippen molar-refractivity contribution in [1.82, 2.24) is 4.90 Å². The highest BCUT2D eigenvalue weighted by molar-refractivity contribution is 7.92. The lowest BCUT2D eigenvalue weighted by Crippen LogP contribution is -2.50. The molecule has 1 rings (SSSR count). The van der Waals surface area contributed by atoms with E-state index < -0.39 is 15.1 Å². The minimum absolute atomic E-state index is 0. The van der Waals surface area contributed by atoms with E-state index in [1.807, 2.05) is 0 Å². The van der Waals surface area contributed by atoms with Crippen LogP contribution in [0.15, 0.2) is 0 Å². The predicted octanol–water partition coefficient (Wildman–Crippen LogP) is -0.351. The van der Waals surface area contributed by atoms with Crippen molar-refractivity contribution >= 4 is 28.2 Å². The van der Waals surface area contributed by atoms with Crippen molar-refractivity contribution in [2.75, 3.05) is 25.4 Å². The Balaban J connectivity index is 0.00000225. The van der Waals surface area contributed by atoms with Gasteiger partial charge in [-0.2, -0.15) is 0 Å². The Morgan fingerprint density at radius 2 is 2.12 bits per heavy atom. The van der Waals surface area contributed by atoms with E-state index in [1.165, 1.54) is 0 Å². The van der Waals surface area contributed by atoms with E-state index in [0.29, 0.717) is 19.6 Å². The van der Waals surface area contributed by atoms with E-state index in [-0.39, 0.29) is 30.0 Å². The lowest BCUT2D eigenvalue weighted by Gasteiger charge is -2.32. The smallest absolute Gasteiger partial charge is 0.226 e. The molecule has 2 atom stereocenters. The molecule has 1 saturated heterocycles. The summed E-state index contributed by atoms with van der Waals surface area (Å²) in [7, 11) is -2.99. The summed E-state index contributed by atoms with van der Waals surface area (Å²) in [5.74, 6) is -0.200. The Morgan fingerprint density at radius 3 is 2.56 bits per heavy atom. The Hall–Kier alpha value is -0.330. The number of hydrogen-bond donors (Lipinski definition) is 1. The molecule has 2 N–H and O–H groups in total. The lowest BCUT2D eigenvalue weighted by molar-refractivity contribution is -0.134. The molecule has 96 valence electrons. The molecule has 1 aliphatic rings. The Bertz CT molecular complexity index is 345. The normalized spacial score (nSPS) is 25.7. The van der Waals surface area contributed by atoms with Crippen molar-refractivity contribution in [3.63, 3.8) is 0 Å². The van der Waals surface area contributed by atoms with Gasteiger partial charge in [0, 0.05) is 25.6 Å². The minimum Gasteiger partial charge on any atom is -0.340 e. The molecule has 0 aromatic rings. The molecule has 1 fully saturated rings. The van der Waals surface area contributed by atoms with Crippen molar-refractivity contribution in [3.8, 4) is 0 Å². The SMILES string of the molecule is CC(CN)C(=O)N1CCS(=O)(=O)C(C)C1.Cl. The molecule has 2 unspecified atom stereocenters. The van der Waals surface area contributed by atoms with Crippen LogP contribution >= 0.6 is 12.4 Å². The van der Waals surface area contributed by atoms with E-state index in [4.69, 9.17) is 5.73 Å². The summed E-state index contributed by atoms with van der Waals surface area (Å²) < 4.78 is 22.9. The monoisotopic (exact) mass is 270 g/mol. The number of amides is 1. The van der Waals surface area contributed by atoms with Crippen LogP contribution < -0.4 is 5.73 Å². The highest BCUT2D eigenvalue weighted by Gasteiger charge is 2.32. The van der Waals surface area contributed by atoms with Crippen LogP contribution in [-0.4, -0.2) is 49.9 Å². The maximum Gasteiger partial charge on any atom is 0.226 e. The second-order valence-corrected chi connectivity index (χ2v) is 6.64. The topological polar surface area (TPSA) is 80.5 Å². The molecule has 1 aliphatic heterocycles. The van der Waals surface area contributed by atoms with Gasteiger partial charge in [0.05, 0.1) is 11.0 Å². The van der Waals surface area contributed by atoms with Gasteiger partial charge in [0.1, 0.15) is 0 Å². The number of halogens is 1. The third-order valence-electron chi connectivity index (χ3n) is 2.82. The number of carbonyl (C=O) groups is 1. The molecule has 0 bridgehead atoms. The molecule has 7 heteroatoms. The average molecular weight is 271 g/mol. The maximum absolute atomic E-state index is 11.7. The van der Waals surface area contributed by atoms with E-state index in [0.717, 1.165) is 0 Å². The van der Waals surface area contributed by atoms with Gasteiger partial charge in [-0.1, -0.05) is 6.92 Å². The minimum atomic E-state index is -2.99. The van der Waals surface area contributed by atoms with Crippen LogP contribution in [0.2, 0.25) is 0 Å². The molecule has 0 aliphatic carbocycles. The van der Waals surface area contributed by atoms with E-state index in [9.17, 15) is 13.2 Å². The summed E-state index contributed by atoms with van der Waals surface area (Å²) in [5, 5.41) is -0.458. The molecule has 5 nitrogen and oxygen atoms in total. The predicted molar refractivity (Wildman–Crippen MR) is 65.3 cm³/mol. The molecular formula is C9H19ClN2O3S. The summed E-state index contributed by atoms with van der Waals surface area (Å²) in [4.78, 5) is 13.3. The molecule has 1 amide bonds. The van der Waals surface area contributed by atoms with Crippen LogP contribution in [0.3, 0.4) is 0 Å². The summed E-state index contributed by atoms with van der Waals surface area (Å²) >= 11 is 0. The van der Waals surface area contributed by atoms with Gasteiger partial charge in [0.2, 0.25) is 5.91 Å². The Morgan fingerprint density at radius 1 is 1.56 bits per heavy atom. The summed E-state index contributed by atoms with van der Waals surface area (Å²) in [5.41, 5.74) is 5.40. The number of sulfone groups is 1. The van der Waals surface area contributed by atoms with Crippen molar-refractivity contribution < 1.29 is 13.2 Å². The zero-order valence-electron chi connectivity index (χ0n) is 9.55. The first kappa shape index (κ1) is 15.7. The summed E-state index contributed by atoms with van der Waals surface area (Å²) in [6, 6.07) is 0. The van der Waals surface area contributed by atoms with Crippen LogP contribution in [0.4, 0.5) is 0 Å². The van der Waals surface area contributed by atoms with Crippen LogP contribution in [0.25, 0.3) is 0 Å². The maximum atomic E-state index is 11.7. The van der Waals surface area contributed by atoms with Crippen LogP contribution in [0.5, 0.6) is 0 Å². The van der Waals surface area contributed by atoms with Crippen molar-refractivity contribution in [3.05, 3.63) is 0 Å². The van der Waals surface area contributed by atoms with Gasteiger partial charge in [-0.05, 0) is 6.92 Å². The standard InChI is InChI=1S/C9H18N2O3S.ClH/c1-7(5-10)9(12)11-3-4-15(13,14)8(2)6-11;/h7-8H,3-6,10H2,1-2H3;1H. The second-order valence-electron chi connectivity index (χ2n) is 4.10. The fourth-order valence-electron chi connectivity index (χ4n) is 1.57. The third kappa shape index (κ3) is 3.33. The zero-order chi connectivity index (χ0) is 11.6. The van der Waals surface area contributed by atoms with Crippen LogP contribution in [0.1, 0.15) is 13.8 Å².